The van der Waals surface area contributed by atoms with Gasteiger partial charge in [0.05, 0.1) is 11.9 Å². The van der Waals surface area contributed by atoms with Crippen LogP contribution < -0.4 is 21.5 Å². The van der Waals surface area contributed by atoms with Crippen LogP contribution in [0.2, 0.25) is 0 Å². The molecule has 9 nitrogen and oxygen atoms in total. The molecule has 1 atom stereocenters. The molecule has 148 valence electrons. The molecule has 1 unspecified atom stereocenters. The van der Waals surface area contributed by atoms with Crippen molar-refractivity contribution in [3.05, 3.63) is 47.4 Å². The molecule has 0 aromatic carbocycles. The number of nitrogens with two attached hydrogens (primary N) is 2. The minimum absolute atomic E-state index is 0.0238. The van der Waals surface area contributed by atoms with Crippen LogP contribution in [0.1, 0.15) is 36.5 Å². The summed E-state index contributed by atoms with van der Waals surface area (Å²) in [5, 5.41) is 6.99. The lowest BCUT2D eigenvalue weighted by Gasteiger charge is -2.26. The number of rotatable bonds is 6. The van der Waals surface area contributed by atoms with Crippen molar-refractivity contribution in [1.82, 2.24) is 19.7 Å². The summed E-state index contributed by atoms with van der Waals surface area (Å²) >= 11 is 0. The number of ether oxygens (including phenoxy) is 1. The van der Waals surface area contributed by atoms with Crippen LogP contribution >= 0.6 is 0 Å². The number of aromatic nitrogens is 4. The Morgan fingerprint density at radius 1 is 1.46 bits per heavy atom. The van der Waals surface area contributed by atoms with Crippen molar-refractivity contribution < 1.29 is 13.9 Å². The lowest BCUT2D eigenvalue weighted by Crippen LogP contribution is -2.28. The molecule has 0 saturated heterocycles. The molecule has 0 fully saturated rings. The van der Waals surface area contributed by atoms with Crippen LogP contribution in [0.5, 0.6) is 5.88 Å². The molecule has 3 rings (SSSR count). The molecule has 0 saturated carbocycles. The van der Waals surface area contributed by atoms with Crippen molar-refractivity contribution in [2.24, 2.45) is 18.5 Å². The van der Waals surface area contributed by atoms with E-state index in [1.807, 2.05) is 6.92 Å². The summed E-state index contributed by atoms with van der Waals surface area (Å²) in [6, 6.07) is 0. The minimum Gasteiger partial charge on any atom is -0.438 e. The van der Waals surface area contributed by atoms with E-state index < -0.39 is 11.6 Å². The SMILES string of the molecule is CCc1nc(C(N)=O)c(Nc2cnn(C)c2)nc1OC1=CC(N)=CCC1(C)F. The maximum atomic E-state index is 14.8. The first-order chi connectivity index (χ1) is 13.2. The van der Waals surface area contributed by atoms with Gasteiger partial charge < -0.3 is 21.5 Å². The Morgan fingerprint density at radius 2 is 2.21 bits per heavy atom. The van der Waals surface area contributed by atoms with Crippen molar-refractivity contribution in [3.8, 4) is 5.88 Å². The number of nitrogens with zero attached hydrogens (tertiary/aromatic N) is 4. The first kappa shape index (κ1) is 19.3. The maximum Gasteiger partial charge on any atom is 0.271 e. The lowest BCUT2D eigenvalue weighted by atomic mass is 9.96. The van der Waals surface area contributed by atoms with Gasteiger partial charge in [0, 0.05) is 31.4 Å². The zero-order valence-corrected chi connectivity index (χ0v) is 15.9. The van der Waals surface area contributed by atoms with Gasteiger partial charge in [0.25, 0.3) is 5.91 Å². The van der Waals surface area contributed by atoms with Gasteiger partial charge in [-0.3, -0.25) is 9.48 Å². The number of nitrogens with one attached hydrogen (secondary N) is 1. The summed E-state index contributed by atoms with van der Waals surface area (Å²) in [4.78, 5) is 20.5. The molecule has 2 aromatic rings. The molecule has 28 heavy (non-hydrogen) atoms. The number of carbonyl (C=O) groups is 1. The predicted octanol–water partition coefficient (Wildman–Crippen LogP) is 1.85. The monoisotopic (exact) mass is 387 g/mol. The Bertz CT molecular complexity index is 978. The number of allylic oxidation sites excluding steroid dienone is 3. The normalized spacial score (nSPS) is 19.0. The number of aryl methyl sites for hydroxylation is 2. The van der Waals surface area contributed by atoms with Crippen LogP contribution in [0.15, 0.2) is 36.0 Å². The summed E-state index contributed by atoms with van der Waals surface area (Å²) < 4.78 is 22.2. The second kappa shape index (κ2) is 7.29. The van der Waals surface area contributed by atoms with E-state index in [4.69, 9.17) is 16.2 Å². The van der Waals surface area contributed by atoms with Crippen LogP contribution in [-0.2, 0) is 13.5 Å². The quantitative estimate of drug-likeness (QED) is 0.688. The molecule has 1 aliphatic carbocycles. The van der Waals surface area contributed by atoms with Crippen molar-refractivity contribution in [1.29, 1.82) is 0 Å². The van der Waals surface area contributed by atoms with Gasteiger partial charge in [0.1, 0.15) is 11.5 Å². The van der Waals surface area contributed by atoms with Gasteiger partial charge in [-0.25, -0.2) is 9.37 Å². The average Bonchev–Trinajstić information content (AvgIpc) is 3.03. The standard InChI is InChI=1S/C18H22FN7O2/c1-4-12-17(28-13-7-10(20)5-6-18(13,2)19)25-16(14(24-12)15(21)27)23-11-8-22-26(3)9-11/h5,7-9H,4,6,20H2,1-3H3,(H2,21,27)(H,23,25). The minimum atomic E-state index is -1.74. The topological polar surface area (TPSA) is 134 Å². The number of anilines is 2. The van der Waals surface area contributed by atoms with Crippen molar-refractivity contribution in [2.45, 2.75) is 32.4 Å². The Hall–Kier alpha value is -3.43. The zero-order valence-electron chi connectivity index (χ0n) is 15.9. The van der Waals surface area contributed by atoms with Crippen LogP contribution in [0.3, 0.4) is 0 Å². The Balaban J connectivity index is 2.03. The number of primary amides is 1. The van der Waals surface area contributed by atoms with E-state index in [2.05, 4.69) is 20.4 Å². The second-order valence-electron chi connectivity index (χ2n) is 6.63. The van der Waals surface area contributed by atoms with Crippen LogP contribution in [0.25, 0.3) is 0 Å². The molecule has 2 heterocycles. The Kier molecular flexibility index (Phi) is 5.04. The number of hydrogen-bond donors (Lipinski definition) is 3. The highest BCUT2D eigenvalue weighted by Gasteiger charge is 2.33. The Morgan fingerprint density at radius 3 is 2.82 bits per heavy atom. The smallest absolute Gasteiger partial charge is 0.271 e. The van der Waals surface area contributed by atoms with Crippen molar-refractivity contribution in [3.63, 3.8) is 0 Å². The summed E-state index contributed by atoms with van der Waals surface area (Å²) in [5.74, 6) is -0.563. The first-order valence-corrected chi connectivity index (χ1v) is 8.70. The van der Waals surface area contributed by atoms with E-state index in [-0.39, 0.29) is 29.6 Å². The summed E-state index contributed by atoms with van der Waals surface area (Å²) in [5.41, 5.74) is 10.8. The highest BCUT2D eigenvalue weighted by Crippen LogP contribution is 2.34. The molecule has 0 aliphatic heterocycles. The number of amides is 1. The molecular formula is C18H22FN7O2. The molecule has 5 N–H and O–H groups in total. The zero-order chi connectivity index (χ0) is 20.5. The largest absolute Gasteiger partial charge is 0.438 e. The van der Waals surface area contributed by atoms with Gasteiger partial charge >= 0.3 is 0 Å². The van der Waals surface area contributed by atoms with Crippen LogP contribution in [0, 0.1) is 0 Å². The van der Waals surface area contributed by atoms with E-state index in [1.54, 1.807) is 30.2 Å². The number of alkyl halides is 1. The fourth-order valence-electron chi connectivity index (χ4n) is 2.66. The molecule has 1 aliphatic rings. The highest BCUT2D eigenvalue weighted by atomic mass is 19.1. The van der Waals surface area contributed by atoms with E-state index in [0.29, 0.717) is 23.5 Å². The summed E-state index contributed by atoms with van der Waals surface area (Å²) in [6.07, 6.45) is 6.73. The number of halogens is 1. The van der Waals surface area contributed by atoms with Crippen molar-refractivity contribution in [2.75, 3.05) is 5.32 Å². The van der Waals surface area contributed by atoms with Crippen LogP contribution in [0.4, 0.5) is 15.9 Å². The average molecular weight is 387 g/mol. The molecule has 0 radical (unpaired) electrons. The van der Waals surface area contributed by atoms with Gasteiger partial charge in [0.15, 0.2) is 17.2 Å². The molecule has 0 spiro atoms. The fraction of sp³-hybridized carbons (Fsp3) is 0.333. The second-order valence-corrected chi connectivity index (χ2v) is 6.63. The fourth-order valence-corrected chi connectivity index (χ4v) is 2.66. The van der Waals surface area contributed by atoms with Gasteiger partial charge in [-0.2, -0.15) is 10.1 Å². The lowest BCUT2D eigenvalue weighted by molar-refractivity contribution is 0.0995. The molecule has 10 heteroatoms. The van der Waals surface area contributed by atoms with Crippen molar-refractivity contribution >= 4 is 17.4 Å². The molecular weight excluding hydrogens is 365 g/mol. The molecule has 0 bridgehead atoms. The van der Waals surface area contributed by atoms with Gasteiger partial charge in [0.2, 0.25) is 5.88 Å². The Labute approximate surface area is 161 Å². The summed E-state index contributed by atoms with van der Waals surface area (Å²) in [6.45, 7) is 3.21. The van der Waals surface area contributed by atoms with Gasteiger partial charge in [-0.05, 0) is 13.3 Å². The van der Waals surface area contributed by atoms with E-state index in [0.717, 1.165) is 0 Å². The third kappa shape index (κ3) is 3.95. The van der Waals surface area contributed by atoms with E-state index >= 15 is 0 Å². The number of carbonyl (C=O) groups excluding carboxylic acids is 1. The van der Waals surface area contributed by atoms with Gasteiger partial charge in [-0.15, -0.1) is 0 Å². The highest BCUT2D eigenvalue weighted by molar-refractivity contribution is 5.96. The number of hydrogen-bond acceptors (Lipinski definition) is 7. The molecule has 1 amide bonds. The maximum absolute atomic E-state index is 14.8. The first-order valence-electron chi connectivity index (χ1n) is 8.70. The van der Waals surface area contributed by atoms with E-state index in [9.17, 15) is 9.18 Å². The van der Waals surface area contributed by atoms with Crippen LogP contribution in [-0.4, -0.2) is 31.3 Å². The predicted molar refractivity (Wildman–Crippen MR) is 102 cm³/mol. The third-order valence-electron chi connectivity index (χ3n) is 4.21. The molecule has 2 aromatic heterocycles. The van der Waals surface area contributed by atoms with E-state index in [1.165, 1.54) is 13.0 Å². The summed E-state index contributed by atoms with van der Waals surface area (Å²) in [7, 11) is 1.75. The van der Waals surface area contributed by atoms with Gasteiger partial charge in [-0.1, -0.05) is 13.0 Å². The third-order valence-corrected chi connectivity index (χ3v) is 4.21.